The highest BCUT2D eigenvalue weighted by molar-refractivity contribution is 6.17. The molecule has 0 bridgehead atoms. The van der Waals surface area contributed by atoms with Crippen LogP contribution in [0.2, 0.25) is 0 Å². The van der Waals surface area contributed by atoms with Crippen LogP contribution in [-0.4, -0.2) is 28.6 Å². The van der Waals surface area contributed by atoms with Crippen LogP contribution in [0.1, 0.15) is 25.2 Å². The van der Waals surface area contributed by atoms with Crippen LogP contribution >= 0.6 is 11.6 Å². The van der Waals surface area contributed by atoms with Gasteiger partial charge < -0.3 is 9.30 Å². The van der Waals surface area contributed by atoms with E-state index in [-0.39, 0.29) is 0 Å². The van der Waals surface area contributed by atoms with E-state index in [9.17, 15) is 0 Å². The molecule has 0 atom stereocenters. The molecule has 0 fully saturated rings. The Morgan fingerprint density at radius 2 is 2.15 bits per heavy atom. The summed E-state index contributed by atoms with van der Waals surface area (Å²) in [5.74, 6) is 2.21. The number of aromatic nitrogens is 2. The summed E-state index contributed by atoms with van der Waals surface area (Å²) in [5, 5.41) is 0. The third-order valence-electron chi connectivity index (χ3n) is 3.21. The van der Waals surface area contributed by atoms with Gasteiger partial charge in [-0.2, -0.15) is 0 Å². The predicted molar refractivity (Wildman–Crippen MR) is 84.6 cm³/mol. The molecule has 0 N–H and O–H groups in total. The summed E-state index contributed by atoms with van der Waals surface area (Å²) >= 11 is 5.89. The van der Waals surface area contributed by atoms with E-state index in [1.165, 1.54) is 11.1 Å². The lowest BCUT2D eigenvalue weighted by atomic mass is 10.2. The van der Waals surface area contributed by atoms with E-state index in [4.69, 9.17) is 21.3 Å². The van der Waals surface area contributed by atoms with Gasteiger partial charge in [0.1, 0.15) is 5.82 Å². The van der Waals surface area contributed by atoms with Crippen molar-refractivity contribution in [3.8, 4) is 0 Å². The Hall–Kier alpha value is -1.06. The van der Waals surface area contributed by atoms with Crippen LogP contribution in [-0.2, 0) is 17.7 Å². The molecule has 2 rings (SSSR count). The van der Waals surface area contributed by atoms with Crippen LogP contribution < -0.4 is 0 Å². The SMILES string of the molecule is Cc1ccc2c(c1)nc(CCCl)n2CCOCC(C)C. The van der Waals surface area contributed by atoms with Gasteiger partial charge in [-0.25, -0.2) is 4.98 Å². The number of ether oxygens (including phenoxy) is 1. The highest BCUT2D eigenvalue weighted by Gasteiger charge is 2.10. The van der Waals surface area contributed by atoms with Crippen LogP contribution in [0.4, 0.5) is 0 Å². The second-order valence-electron chi connectivity index (χ2n) is 5.58. The molecule has 0 aliphatic rings. The van der Waals surface area contributed by atoms with E-state index in [0.29, 0.717) is 18.4 Å². The minimum Gasteiger partial charge on any atom is -0.379 e. The van der Waals surface area contributed by atoms with Gasteiger partial charge in [-0.15, -0.1) is 11.6 Å². The van der Waals surface area contributed by atoms with E-state index in [2.05, 4.69) is 43.5 Å². The van der Waals surface area contributed by atoms with Crippen molar-refractivity contribution in [3.63, 3.8) is 0 Å². The Kier molecular flexibility index (Phi) is 5.44. The number of aryl methyl sites for hydroxylation is 2. The van der Waals surface area contributed by atoms with Crippen LogP contribution in [0, 0.1) is 12.8 Å². The second-order valence-corrected chi connectivity index (χ2v) is 5.96. The third kappa shape index (κ3) is 3.74. The smallest absolute Gasteiger partial charge is 0.111 e. The Bertz CT molecular complexity index is 563. The fourth-order valence-corrected chi connectivity index (χ4v) is 2.46. The van der Waals surface area contributed by atoms with E-state index in [1.54, 1.807) is 0 Å². The van der Waals surface area contributed by atoms with E-state index < -0.39 is 0 Å². The molecule has 0 aliphatic heterocycles. The summed E-state index contributed by atoms with van der Waals surface area (Å²) in [6.07, 6.45) is 0.791. The molecule has 3 nitrogen and oxygen atoms in total. The molecule has 20 heavy (non-hydrogen) atoms. The number of nitrogens with zero attached hydrogens (tertiary/aromatic N) is 2. The Balaban J connectivity index is 2.17. The molecule has 0 aliphatic carbocycles. The van der Waals surface area contributed by atoms with Gasteiger partial charge >= 0.3 is 0 Å². The fraction of sp³-hybridized carbons (Fsp3) is 0.562. The highest BCUT2D eigenvalue weighted by atomic mass is 35.5. The summed E-state index contributed by atoms with van der Waals surface area (Å²) < 4.78 is 7.93. The van der Waals surface area contributed by atoms with Gasteiger partial charge in [0.05, 0.1) is 17.6 Å². The molecule has 0 saturated carbocycles. The summed E-state index contributed by atoms with van der Waals surface area (Å²) in [7, 11) is 0. The number of alkyl halides is 1. The minimum absolute atomic E-state index is 0.569. The van der Waals surface area contributed by atoms with Crippen molar-refractivity contribution in [1.82, 2.24) is 9.55 Å². The van der Waals surface area contributed by atoms with Gasteiger partial charge in [-0.3, -0.25) is 0 Å². The zero-order chi connectivity index (χ0) is 14.5. The monoisotopic (exact) mass is 294 g/mol. The molecule has 1 aromatic carbocycles. The second kappa shape index (κ2) is 7.09. The maximum absolute atomic E-state index is 5.89. The molecule has 2 aromatic rings. The summed E-state index contributed by atoms with van der Waals surface area (Å²) in [6.45, 7) is 8.76. The zero-order valence-corrected chi connectivity index (χ0v) is 13.3. The van der Waals surface area contributed by atoms with Crippen LogP contribution in [0.15, 0.2) is 18.2 Å². The number of fused-ring (bicyclic) bond motifs is 1. The first kappa shape index (κ1) is 15.3. The van der Waals surface area contributed by atoms with Crippen molar-refractivity contribution in [1.29, 1.82) is 0 Å². The quantitative estimate of drug-likeness (QED) is 0.574. The third-order valence-corrected chi connectivity index (χ3v) is 3.40. The van der Waals surface area contributed by atoms with E-state index in [1.807, 2.05) is 0 Å². The summed E-state index contributed by atoms with van der Waals surface area (Å²) in [5.41, 5.74) is 3.45. The number of halogens is 1. The van der Waals surface area contributed by atoms with E-state index in [0.717, 1.165) is 30.9 Å². The van der Waals surface area contributed by atoms with Gasteiger partial charge in [0.15, 0.2) is 0 Å². The topological polar surface area (TPSA) is 27.1 Å². The summed E-state index contributed by atoms with van der Waals surface area (Å²) in [6, 6.07) is 6.39. The lowest BCUT2D eigenvalue weighted by Gasteiger charge is -2.10. The maximum atomic E-state index is 5.89. The van der Waals surface area contributed by atoms with Crippen molar-refractivity contribution >= 4 is 22.6 Å². The van der Waals surface area contributed by atoms with Gasteiger partial charge in [-0.1, -0.05) is 19.9 Å². The first-order valence-corrected chi connectivity index (χ1v) is 7.74. The van der Waals surface area contributed by atoms with E-state index >= 15 is 0 Å². The standard InChI is InChI=1S/C16H23ClN2O/c1-12(2)11-20-9-8-19-15-5-4-13(3)10-14(15)18-16(19)6-7-17/h4-5,10,12H,6-9,11H2,1-3H3. The molecule has 1 heterocycles. The van der Waals surface area contributed by atoms with Gasteiger partial charge in [0, 0.05) is 25.5 Å². The molecule has 0 radical (unpaired) electrons. The molecular formula is C16H23ClN2O. The Labute approximate surface area is 125 Å². The molecule has 4 heteroatoms. The minimum atomic E-state index is 0.569. The van der Waals surface area contributed by atoms with Crippen molar-refractivity contribution in [2.45, 2.75) is 33.7 Å². The average molecular weight is 295 g/mol. The van der Waals surface area contributed by atoms with Crippen LogP contribution in [0.25, 0.3) is 11.0 Å². The van der Waals surface area contributed by atoms with Gasteiger partial charge in [0.2, 0.25) is 0 Å². The Morgan fingerprint density at radius 3 is 2.85 bits per heavy atom. The van der Waals surface area contributed by atoms with Crippen molar-refractivity contribution in [2.24, 2.45) is 5.92 Å². The lowest BCUT2D eigenvalue weighted by Crippen LogP contribution is -2.12. The lowest BCUT2D eigenvalue weighted by molar-refractivity contribution is 0.103. The highest BCUT2D eigenvalue weighted by Crippen LogP contribution is 2.18. The number of imidazole rings is 1. The first-order chi connectivity index (χ1) is 9.61. The van der Waals surface area contributed by atoms with Crippen molar-refractivity contribution in [3.05, 3.63) is 29.6 Å². The number of hydrogen-bond donors (Lipinski definition) is 0. The largest absolute Gasteiger partial charge is 0.379 e. The normalized spacial score (nSPS) is 11.7. The number of benzene rings is 1. The predicted octanol–water partition coefficient (Wildman–Crippen LogP) is 3.80. The van der Waals surface area contributed by atoms with Crippen molar-refractivity contribution in [2.75, 3.05) is 19.1 Å². The maximum Gasteiger partial charge on any atom is 0.111 e. The van der Waals surface area contributed by atoms with Crippen LogP contribution in [0.5, 0.6) is 0 Å². The van der Waals surface area contributed by atoms with Gasteiger partial charge in [0.25, 0.3) is 0 Å². The first-order valence-electron chi connectivity index (χ1n) is 7.21. The molecule has 0 spiro atoms. The van der Waals surface area contributed by atoms with Crippen molar-refractivity contribution < 1.29 is 4.74 Å². The summed E-state index contributed by atoms with van der Waals surface area (Å²) in [4.78, 5) is 4.70. The average Bonchev–Trinajstić information content (AvgIpc) is 2.72. The molecule has 0 amide bonds. The molecule has 0 unspecified atom stereocenters. The fourth-order valence-electron chi connectivity index (χ4n) is 2.29. The number of hydrogen-bond acceptors (Lipinski definition) is 2. The molecule has 110 valence electrons. The molecule has 0 saturated heterocycles. The van der Waals surface area contributed by atoms with Gasteiger partial charge in [-0.05, 0) is 30.5 Å². The molecule has 1 aromatic heterocycles. The molecular weight excluding hydrogens is 272 g/mol. The Morgan fingerprint density at radius 1 is 1.35 bits per heavy atom. The number of rotatable bonds is 7. The van der Waals surface area contributed by atoms with Crippen LogP contribution in [0.3, 0.4) is 0 Å². The zero-order valence-electron chi connectivity index (χ0n) is 12.5.